The molecule has 25 heavy (non-hydrogen) atoms. The average Bonchev–Trinajstić information content (AvgIpc) is 3.25. The molecule has 0 radical (unpaired) electrons. The van der Waals surface area contributed by atoms with E-state index in [1.165, 1.54) is 16.8 Å². The highest BCUT2D eigenvalue weighted by Crippen LogP contribution is 2.42. The maximum Gasteiger partial charge on any atom is 0.0897 e. The summed E-state index contributed by atoms with van der Waals surface area (Å²) in [5.74, 6) is 0. The van der Waals surface area contributed by atoms with Gasteiger partial charge in [0.25, 0.3) is 0 Å². The van der Waals surface area contributed by atoms with Crippen LogP contribution in [0.3, 0.4) is 0 Å². The lowest BCUT2D eigenvalue weighted by atomic mass is 9.70. The third kappa shape index (κ3) is 3.26. The minimum absolute atomic E-state index is 0.0530. The van der Waals surface area contributed by atoms with E-state index in [2.05, 4.69) is 58.8 Å². The molecule has 0 amide bonds. The van der Waals surface area contributed by atoms with Crippen molar-refractivity contribution >= 4 is 11.3 Å². The SMILES string of the molecule is Cc1nc(C2(c3ccccc3)CCN(Cc3cnn(C)c3)CC2)cs1. The summed E-state index contributed by atoms with van der Waals surface area (Å²) in [4.78, 5) is 7.42. The monoisotopic (exact) mass is 352 g/mol. The Morgan fingerprint density at radius 3 is 2.52 bits per heavy atom. The number of thiazole rings is 1. The lowest BCUT2D eigenvalue weighted by Crippen LogP contribution is -2.43. The Kier molecular flexibility index (Phi) is 4.44. The fourth-order valence-electron chi connectivity index (χ4n) is 3.94. The molecular formula is C20H24N4S. The van der Waals surface area contributed by atoms with Crippen LogP contribution < -0.4 is 0 Å². The molecular weight excluding hydrogens is 328 g/mol. The molecule has 1 aromatic carbocycles. The van der Waals surface area contributed by atoms with Gasteiger partial charge in [0.15, 0.2) is 0 Å². The fourth-order valence-corrected chi connectivity index (χ4v) is 4.65. The highest BCUT2D eigenvalue weighted by molar-refractivity contribution is 7.09. The Bertz CT molecular complexity index is 828. The van der Waals surface area contributed by atoms with Gasteiger partial charge in [0.05, 0.1) is 16.9 Å². The predicted molar refractivity (Wildman–Crippen MR) is 102 cm³/mol. The Morgan fingerprint density at radius 2 is 1.92 bits per heavy atom. The van der Waals surface area contributed by atoms with Crippen LogP contribution in [0, 0.1) is 6.92 Å². The minimum Gasteiger partial charge on any atom is -0.299 e. The zero-order valence-corrected chi connectivity index (χ0v) is 15.7. The topological polar surface area (TPSA) is 34.0 Å². The van der Waals surface area contributed by atoms with Crippen molar-refractivity contribution in [2.24, 2.45) is 7.05 Å². The quantitative estimate of drug-likeness (QED) is 0.717. The summed E-state index contributed by atoms with van der Waals surface area (Å²) in [5.41, 5.74) is 4.00. The lowest BCUT2D eigenvalue weighted by molar-refractivity contribution is 0.170. The largest absolute Gasteiger partial charge is 0.299 e. The molecule has 5 heteroatoms. The maximum absolute atomic E-state index is 4.88. The van der Waals surface area contributed by atoms with Crippen LogP contribution in [0.15, 0.2) is 48.1 Å². The van der Waals surface area contributed by atoms with Crippen LogP contribution in [0.4, 0.5) is 0 Å². The third-order valence-corrected chi connectivity index (χ3v) is 6.08. The van der Waals surface area contributed by atoms with Gasteiger partial charge in [0, 0.05) is 36.1 Å². The first kappa shape index (κ1) is 16.5. The summed E-state index contributed by atoms with van der Waals surface area (Å²) in [5, 5.41) is 7.71. The zero-order chi connectivity index (χ0) is 17.3. The first-order chi connectivity index (χ1) is 12.2. The molecule has 3 aromatic rings. The molecule has 0 saturated carbocycles. The van der Waals surface area contributed by atoms with E-state index in [0.717, 1.165) is 37.5 Å². The highest BCUT2D eigenvalue weighted by Gasteiger charge is 2.39. The Hall–Kier alpha value is -1.98. The minimum atomic E-state index is 0.0530. The number of rotatable bonds is 4. The van der Waals surface area contributed by atoms with E-state index in [4.69, 9.17) is 4.98 Å². The molecule has 1 saturated heterocycles. The van der Waals surface area contributed by atoms with Gasteiger partial charge in [-0.25, -0.2) is 4.98 Å². The molecule has 4 rings (SSSR count). The van der Waals surface area contributed by atoms with Crippen LogP contribution in [0.5, 0.6) is 0 Å². The Balaban J connectivity index is 1.57. The molecule has 1 aliphatic heterocycles. The third-order valence-electron chi connectivity index (χ3n) is 5.31. The van der Waals surface area contributed by atoms with Crippen LogP contribution in [0.25, 0.3) is 0 Å². The van der Waals surface area contributed by atoms with Crippen molar-refractivity contribution in [1.82, 2.24) is 19.7 Å². The zero-order valence-electron chi connectivity index (χ0n) is 14.9. The van der Waals surface area contributed by atoms with Crippen LogP contribution in [-0.4, -0.2) is 32.8 Å². The van der Waals surface area contributed by atoms with E-state index in [-0.39, 0.29) is 5.41 Å². The van der Waals surface area contributed by atoms with Gasteiger partial charge in [-0.15, -0.1) is 11.3 Å². The number of likely N-dealkylation sites (tertiary alicyclic amines) is 1. The van der Waals surface area contributed by atoms with Gasteiger partial charge in [0.2, 0.25) is 0 Å². The second-order valence-electron chi connectivity index (χ2n) is 7.00. The van der Waals surface area contributed by atoms with Gasteiger partial charge in [-0.2, -0.15) is 5.10 Å². The fraction of sp³-hybridized carbons (Fsp3) is 0.400. The first-order valence-corrected chi connectivity index (χ1v) is 9.72. The Labute approximate surface area is 153 Å². The molecule has 0 unspecified atom stereocenters. The normalized spacial score (nSPS) is 17.7. The molecule has 3 heterocycles. The van der Waals surface area contributed by atoms with Crippen molar-refractivity contribution in [2.75, 3.05) is 13.1 Å². The Morgan fingerprint density at radius 1 is 1.16 bits per heavy atom. The summed E-state index contributed by atoms with van der Waals surface area (Å²) < 4.78 is 1.88. The van der Waals surface area contributed by atoms with E-state index >= 15 is 0 Å². The van der Waals surface area contributed by atoms with Crippen LogP contribution in [0.1, 0.15) is 34.7 Å². The van der Waals surface area contributed by atoms with E-state index in [1.54, 1.807) is 11.3 Å². The van der Waals surface area contributed by atoms with Gasteiger partial charge in [-0.1, -0.05) is 30.3 Å². The van der Waals surface area contributed by atoms with Crippen molar-refractivity contribution in [3.63, 3.8) is 0 Å². The highest BCUT2D eigenvalue weighted by atomic mass is 32.1. The molecule has 0 bridgehead atoms. The van der Waals surface area contributed by atoms with Crippen LogP contribution in [0.2, 0.25) is 0 Å². The molecule has 130 valence electrons. The summed E-state index contributed by atoms with van der Waals surface area (Å²) in [6, 6.07) is 10.9. The van der Waals surface area contributed by atoms with E-state index in [9.17, 15) is 0 Å². The predicted octanol–water partition coefficient (Wildman–Crippen LogP) is 3.77. The number of piperidine rings is 1. The lowest BCUT2D eigenvalue weighted by Gasteiger charge is -2.41. The van der Waals surface area contributed by atoms with Crippen molar-refractivity contribution < 1.29 is 0 Å². The molecule has 2 aromatic heterocycles. The van der Waals surface area contributed by atoms with E-state index in [1.807, 2.05) is 17.9 Å². The first-order valence-electron chi connectivity index (χ1n) is 8.84. The average molecular weight is 353 g/mol. The van der Waals surface area contributed by atoms with Crippen molar-refractivity contribution in [1.29, 1.82) is 0 Å². The molecule has 1 fully saturated rings. The number of aryl methyl sites for hydroxylation is 2. The second kappa shape index (κ2) is 6.73. The van der Waals surface area contributed by atoms with Gasteiger partial charge >= 0.3 is 0 Å². The van der Waals surface area contributed by atoms with Gasteiger partial charge in [-0.3, -0.25) is 9.58 Å². The maximum atomic E-state index is 4.88. The molecule has 0 atom stereocenters. The van der Waals surface area contributed by atoms with Crippen molar-refractivity contribution in [3.8, 4) is 0 Å². The number of benzene rings is 1. The second-order valence-corrected chi connectivity index (χ2v) is 8.06. The summed E-state index contributed by atoms with van der Waals surface area (Å²) in [7, 11) is 1.98. The van der Waals surface area contributed by atoms with Crippen LogP contribution in [-0.2, 0) is 19.0 Å². The number of hydrogen-bond acceptors (Lipinski definition) is 4. The van der Waals surface area contributed by atoms with E-state index in [0.29, 0.717) is 0 Å². The number of hydrogen-bond donors (Lipinski definition) is 0. The molecule has 0 spiro atoms. The summed E-state index contributed by atoms with van der Waals surface area (Å²) in [6.07, 6.45) is 6.31. The summed E-state index contributed by atoms with van der Waals surface area (Å²) in [6.45, 7) is 5.25. The number of aromatic nitrogens is 3. The number of nitrogens with zero attached hydrogens (tertiary/aromatic N) is 4. The molecule has 0 N–H and O–H groups in total. The molecule has 0 aliphatic carbocycles. The standard InChI is InChI=1S/C20H24N4S/c1-16-22-19(15-25-16)20(18-6-4-3-5-7-18)8-10-24(11-9-20)14-17-12-21-23(2)13-17/h3-7,12-13,15H,8-11,14H2,1-2H3. The van der Waals surface area contributed by atoms with E-state index < -0.39 is 0 Å². The molecule has 1 aliphatic rings. The van der Waals surface area contributed by atoms with Gasteiger partial charge < -0.3 is 0 Å². The summed E-state index contributed by atoms with van der Waals surface area (Å²) >= 11 is 1.76. The smallest absolute Gasteiger partial charge is 0.0897 e. The molecule has 4 nitrogen and oxygen atoms in total. The van der Waals surface area contributed by atoms with Crippen LogP contribution >= 0.6 is 11.3 Å². The van der Waals surface area contributed by atoms with Gasteiger partial charge in [-0.05, 0) is 38.4 Å². The van der Waals surface area contributed by atoms with Crippen molar-refractivity contribution in [2.45, 2.75) is 31.7 Å². The van der Waals surface area contributed by atoms with Gasteiger partial charge in [0.1, 0.15) is 0 Å². The van der Waals surface area contributed by atoms with Crippen molar-refractivity contribution in [3.05, 3.63) is 69.9 Å².